The Labute approximate surface area is 162 Å². The van der Waals surface area contributed by atoms with Crippen molar-refractivity contribution >= 4 is 33.7 Å². The lowest BCUT2D eigenvalue weighted by Crippen LogP contribution is -2.57. The topological polar surface area (TPSA) is 121 Å². The van der Waals surface area contributed by atoms with Gasteiger partial charge in [-0.3, -0.25) is 14.6 Å². The molecule has 2 fully saturated rings. The number of alkyl halides is 3. The van der Waals surface area contributed by atoms with Crippen LogP contribution in [-0.4, -0.2) is 65.0 Å². The number of fused-ring (bicyclic) bond motifs is 1. The highest BCUT2D eigenvalue weighted by Crippen LogP contribution is 2.45. The molecule has 1 aromatic carbocycles. The van der Waals surface area contributed by atoms with Crippen molar-refractivity contribution in [2.24, 2.45) is 4.99 Å². The minimum atomic E-state index is -4.55. The van der Waals surface area contributed by atoms with Crippen LogP contribution in [0.25, 0.3) is 0 Å². The third-order valence-electron chi connectivity index (χ3n) is 5.09. The first-order valence-corrected chi connectivity index (χ1v) is 9.84. The molecule has 29 heavy (non-hydrogen) atoms. The summed E-state index contributed by atoms with van der Waals surface area (Å²) in [5.41, 5.74) is -0.996. The number of amides is 1. The predicted octanol–water partition coefficient (Wildman–Crippen LogP) is 1.16. The summed E-state index contributed by atoms with van der Waals surface area (Å²) in [7, 11) is -4.10. The maximum atomic E-state index is 12.7. The Morgan fingerprint density at radius 1 is 1.31 bits per heavy atom. The van der Waals surface area contributed by atoms with Crippen molar-refractivity contribution < 1.29 is 41.1 Å². The molecule has 0 aliphatic carbocycles. The normalized spacial score (nSPS) is 28.3. The largest absolute Gasteiger partial charge is 0.480 e. The van der Waals surface area contributed by atoms with Crippen LogP contribution in [0.1, 0.15) is 29.3 Å². The van der Waals surface area contributed by atoms with Crippen LogP contribution in [0.5, 0.6) is 0 Å². The van der Waals surface area contributed by atoms with Crippen LogP contribution in [0, 0.1) is 0 Å². The lowest BCUT2D eigenvalue weighted by atomic mass is 9.97. The number of carboxylic acids is 1. The van der Waals surface area contributed by atoms with Gasteiger partial charge in [0.25, 0.3) is 0 Å². The summed E-state index contributed by atoms with van der Waals surface area (Å²) in [5, 5.41) is 8.17. The zero-order valence-electron chi connectivity index (χ0n) is 14.9. The van der Waals surface area contributed by atoms with Crippen molar-refractivity contribution in [2.45, 2.75) is 35.7 Å². The van der Waals surface area contributed by atoms with Crippen LogP contribution >= 0.6 is 0 Å². The van der Waals surface area contributed by atoms with Gasteiger partial charge in [-0.05, 0) is 19.1 Å². The van der Waals surface area contributed by atoms with Crippen LogP contribution in [0.2, 0.25) is 0 Å². The molecule has 1 aromatic rings. The summed E-state index contributed by atoms with van der Waals surface area (Å²) < 4.78 is 61.0. The molecule has 0 aromatic heterocycles. The van der Waals surface area contributed by atoms with Crippen LogP contribution in [0.4, 0.5) is 13.2 Å². The van der Waals surface area contributed by atoms with E-state index in [0.29, 0.717) is 0 Å². The standard InChI is InChI=1S/C17H15F3N2O6S/c1-16(14(15(25)26)22-12(24)6-13(22)29(16,27)28)8-21-7-11(23)9-2-4-10(5-3-9)17(18,19)20/h2-5,8,13-14H,6-7H2,1H3,(H,25,26)/t13-,14+,16+/m1/s1. The van der Waals surface area contributed by atoms with Crippen LogP contribution in [-0.2, 0) is 25.6 Å². The highest BCUT2D eigenvalue weighted by Gasteiger charge is 2.69. The van der Waals surface area contributed by atoms with Gasteiger partial charge in [0, 0.05) is 11.8 Å². The minimum Gasteiger partial charge on any atom is -0.480 e. The number of sulfone groups is 1. The molecule has 12 heteroatoms. The number of hydrogen-bond acceptors (Lipinski definition) is 6. The lowest BCUT2D eigenvalue weighted by Gasteiger charge is -2.35. The molecule has 8 nitrogen and oxygen atoms in total. The lowest BCUT2D eigenvalue weighted by molar-refractivity contribution is -0.156. The molecule has 2 aliphatic rings. The molecule has 3 atom stereocenters. The van der Waals surface area contributed by atoms with Gasteiger partial charge < -0.3 is 10.0 Å². The van der Waals surface area contributed by atoms with Gasteiger partial charge in [0.1, 0.15) is 16.7 Å². The third kappa shape index (κ3) is 3.20. The molecular weight excluding hydrogens is 417 g/mol. The first-order valence-electron chi connectivity index (χ1n) is 8.29. The maximum Gasteiger partial charge on any atom is 0.416 e. The number of aliphatic imine (C=N–C) groups is 1. The van der Waals surface area contributed by atoms with E-state index in [1.807, 2.05) is 0 Å². The summed E-state index contributed by atoms with van der Waals surface area (Å²) in [6, 6.07) is 1.73. The zero-order chi connectivity index (χ0) is 21.8. The molecule has 0 radical (unpaired) electrons. The number of ketones is 1. The molecule has 2 aliphatic heterocycles. The number of hydrogen-bond donors (Lipinski definition) is 1. The van der Waals surface area contributed by atoms with Crippen LogP contribution in [0.15, 0.2) is 29.3 Å². The van der Waals surface area contributed by atoms with Gasteiger partial charge >= 0.3 is 12.1 Å². The van der Waals surface area contributed by atoms with Crippen molar-refractivity contribution in [3.8, 4) is 0 Å². The molecule has 3 rings (SSSR count). The van der Waals surface area contributed by atoms with E-state index in [1.165, 1.54) is 0 Å². The van der Waals surface area contributed by atoms with Gasteiger partial charge in [0.05, 0.1) is 12.0 Å². The van der Waals surface area contributed by atoms with Crippen molar-refractivity contribution in [3.05, 3.63) is 35.4 Å². The van der Waals surface area contributed by atoms with Gasteiger partial charge in [-0.1, -0.05) is 12.1 Å². The molecule has 1 amide bonds. The monoisotopic (exact) mass is 432 g/mol. The quantitative estimate of drug-likeness (QED) is 0.423. The summed E-state index contributed by atoms with van der Waals surface area (Å²) >= 11 is 0. The minimum absolute atomic E-state index is 0.0663. The molecule has 1 N–H and O–H groups in total. The Hall–Kier alpha value is -2.76. The van der Waals surface area contributed by atoms with Crippen LogP contribution in [0.3, 0.4) is 0 Å². The van der Waals surface area contributed by atoms with E-state index in [0.717, 1.165) is 42.3 Å². The molecular formula is C17H15F3N2O6S. The average molecular weight is 432 g/mol. The Kier molecular flexibility index (Phi) is 4.80. The summed E-state index contributed by atoms with van der Waals surface area (Å²) in [6.07, 6.45) is -4.04. The number of halogens is 3. The van der Waals surface area contributed by atoms with E-state index >= 15 is 0 Å². The van der Waals surface area contributed by atoms with Crippen molar-refractivity contribution in [1.29, 1.82) is 0 Å². The van der Waals surface area contributed by atoms with E-state index in [2.05, 4.69) is 4.99 Å². The molecule has 0 bridgehead atoms. The summed E-state index contributed by atoms with van der Waals surface area (Å²) in [5.74, 6) is -2.81. The Bertz CT molecular complexity index is 1020. The SMILES string of the molecule is C[C@]1(C=NCC(=O)c2ccc(C(F)(F)F)cc2)[C@H](C(=O)O)N2C(=O)C[C@H]2S1(=O)=O. The Balaban J connectivity index is 1.80. The third-order valence-corrected chi connectivity index (χ3v) is 7.76. The van der Waals surface area contributed by atoms with E-state index in [1.54, 1.807) is 0 Å². The maximum absolute atomic E-state index is 12.7. The summed E-state index contributed by atoms with van der Waals surface area (Å²) in [4.78, 5) is 39.9. The number of benzene rings is 1. The molecule has 0 saturated carbocycles. The fraction of sp³-hybridized carbons (Fsp3) is 0.412. The van der Waals surface area contributed by atoms with Gasteiger partial charge in [0.2, 0.25) is 5.91 Å². The van der Waals surface area contributed by atoms with Crippen molar-refractivity contribution in [2.75, 3.05) is 6.54 Å². The number of rotatable bonds is 5. The molecule has 2 heterocycles. The second-order valence-corrected chi connectivity index (χ2v) is 9.41. The first-order chi connectivity index (χ1) is 13.3. The number of carbonyl (C=O) groups is 3. The number of nitrogens with zero attached hydrogens (tertiary/aromatic N) is 2. The molecule has 2 saturated heterocycles. The fourth-order valence-corrected chi connectivity index (χ4v) is 5.68. The second-order valence-electron chi connectivity index (χ2n) is 6.90. The van der Waals surface area contributed by atoms with Gasteiger partial charge in [-0.25, -0.2) is 13.2 Å². The van der Waals surface area contributed by atoms with E-state index in [9.17, 15) is 41.1 Å². The predicted molar refractivity (Wildman–Crippen MR) is 93.1 cm³/mol. The number of Topliss-reactive ketones (excluding diaryl/α,β-unsaturated/α-hetero) is 1. The van der Waals surface area contributed by atoms with Gasteiger partial charge in [-0.2, -0.15) is 13.2 Å². The first kappa shape index (κ1) is 21.0. The molecule has 0 unspecified atom stereocenters. The molecule has 0 spiro atoms. The van der Waals surface area contributed by atoms with Crippen molar-refractivity contribution in [3.63, 3.8) is 0 Å². The van der Waals surface area contributed by atoms with E-state index in [4.69, 9.17) is 0 Å². The fourth-order valence-electron chi connectivity index (χ4n) is 3.45. The zero-order valence-corrected chi connectivity index (χ0v) is 15.7. The van der Waals surface area contributed by atoms with Gasteiger partial charge in [-0.15, -0.1) is 0 Å². The van der Waals surface area contributed by atoms with E-state index in [-0.39, 0.29) is 12.0 Å². The number of carbonyl (C=O) groups excluding carboxylic acids is 2. The number of aliphatic carboxylic acids is 1. The smallest absolute Gasteiger partial charge is 0.416 e. The average Bonchev–Trinajstić information content (AvgIpc) is 2.75. The highest BCUT2D eigenvalue weighted by molar-refractivity contribution is 7.94. The Morgan fingerprint density at radius 2 is 1.90 bits per heavy atom. The number of β-lactam (4-membered cyclic amide) rings is 1. The second kappa shape index (κ2) is 6.65. The highest BCUT2D eigenvalue weighted by atomic mass is 32.2. The van der Waals surface area contributed by atoms with Gasteiger partial charge in [0.15, 0.2) is 21.7 Å². The van der Waals surface area contributed by atoms with E-state index < -0.39 is 61.9 Å². The number of carboxylic acid groups (broad SMARTS) is 1. The van der Waals surface area contributed by atoms with Crippen molar-refractivity contribution in [1.82, 2.24) is 4.90 Å². The Morgan fingerprint density at radius 3 is 2.38 bits per heavy atom. The van der Waals surface area contributed by atoms with Crippen LogP contribution < -0.4 is 0 Å². The molecule has 156 valence electrons. The summed E-state index contributed by atoms with van der Waals surface area (Å²) in [6.45, 7) is 0.514.